The number of carbonyl (C=O) groups excluding carboxylic acids is 2. The van der Waals surface area contributed by atoms with E-state index in [1.807, 2.05) is 12.1 Å². The van der Waals surface area contributed by atoms with Crippen LogP contribution in [0.5, 0.6) is 0 Å². The summed E-state index contributed by atoms with van der Waals surface area (Å²) >= 11 is 0. The third kappa shape index (κ3) is 1.87. The molecule has 3 nitrogen and oxygen atoms in total. The minimum atomic E-state index is 0.0510. The van der Waals surface area contributed by atoms with Gasteiger partial charge in [-0.25, -0.2) is 0 Å². The van der Waals surface area contributed by atoms with Gasteiger partial charge in [-0.3, -0.25) is 14.6 Å². The van der Waals surface area contributed by atoms with Crippen LogP contribution in [0.25, 0.3) is 0 Å². The maximum atomic E-state index is 11.2. The van der Waals surface area contributed by atoms with Crippen LogP contribution in [0.4, 0.5) is 0 Å². The number of aromatic nitrogens is 1. The number of hydrogen-bond donors (Lipinski definition) is 0. The molecule has 1 saturated carbocycles. The van der Waals surface area contributed by atoms with Gasteiger partial charge in [0.15, 0.2) is 0 Å². The highest BCUT2D eigenvalue weighted by Gasteiger charge is 2.26. The Morgan fingerprint density at radius 2 is 1.93 bits per heavy atom. The van der Waals surface area contributed by atoms with Crippen molar-refractivity contribution in [3.05, 3.63) is 30.1 Å². The first kappa shape index (κ1) is 9.06. The van der Waals surface area contributed by atoms with Crippen molar-refractivity contribution < 1.29 is 9.59 Å². The lowest BCUT2D eigenvalue weighted by Crippen LogP contribution is -2.21. The molecule has 0 amide bonds. The Hall–Kier alpha value is -1.51. The number of Topliss-reactive ketones (excluding diaryl/α,β-unsaturated/α-hetero) is 2. The first-order valence-corrected chi connectivity index (χ1v) is 4.69. The van der Waals surface area contributed by atoms with Crippen molar-refractivity contribution in [3.63, 3.8) is 0 Å². The molecule has 0 atom stereocenters. The fourth-order valence-electron chi connectivity index (χ4n) is 1.84. The van der Waals surface area contributed by atoms with Gasteiger partial charge in [0.25, 0.3) is 0 Å². The molecule has 1 aliphatic carbocycles. The van der Waals surface area contributed by atoms with E-state index in [-0.39, 0.29) is 23.9 Å². The van der Waals surface area contributed by atoms with Gasteiger partial charge in [-0.1, -0.05) is 6.07 Å². The second kappa shape index (κ2) is 3.70. The molecular formula is C11H11NO2. The third-order valence-corrected chi connectivity index (χ3v) is 2.50. The van der Waals surface area contributed by atoms with Crippen molar-refractivity contribution in [3.8, 4) is 0 Å². The Balaban J connectivity index is 2.19. The van der Waals surface area contributed by atoms with Crippen molar-refractivity contribution in [2.24, 2.45) is 0 Å². The fourth-order valence-corrected chi connectivity index (χ4v) is 1.84. The maximum absolute atomic E-state index is 11.2. The van der Waals surface area contributed by atoms with Gasteiger partial charge >= 0.3 is 0 Å². The molecule has 1 aromatic heterocycles. The smallest absolute Gasteiger partial charge is 0.140 e. The molecule has 3 heteroatoms. The lowest BCUT2D eigenvalue weighted by atomic mass is 9.83. The zero-order valence-corrected chi connectivity index (χ0v) is 7.77. The van der Waals surface area contributed by atoms with Crippen molar-refractivity contribution in [2.45, 2.75) is 25.2 Å². The van der Waals surface area contributed by atoms with E-state index in [2.05, 4.69) is 4.98 Å². The molecule has 14 heavy (non-hydrogen) atoms. The molecule has 0 unspecified atom stereocenters. The monoisotopic (exact) mass is 189 g/mol. The summed E-state index contributed by atoms with van der Waals surface area (Å²) < 4.78 is 0. The van der Waals surface area contributed by atoms with Gasteiger partial charge in [-0.15, -0.1) is 0 Å². The molecule has 2 rings (SSSR count). The predicted molar refractivity (Wildman–Crippen MR) is 50.8 cm³/mol. The summed E-state index contributed by atoms with van der Waals surface area (Å²) in [6, 6.07) is 3.75. The van der Waals surface area contributed by atoms with E-state index in [0.717, 1.165) is 5.56 Å². The molecule has 1 fully saturated rings. The standard InChI is InChI=1S/C11H11NO2/c13-10-4-9(5-11(14)6-10)8-2-1-3-12-7-8/h1-3,7,9H,4-6H2. The molecule has 0 spiro atoms. The van der Waals surface area contributed by atoms with E-state index < -0.39 is 0 Å². The van der Waals surface area contributed by atoms with Crippen LogP contribution >= 0.6 is 0 Å². The largest absolute Gasteiger partial charge is 0.299 e. The molecule has 0 bridgehead atoms. The quantitative estimate of drug-likeness (QED) is 0.629. The molecule has 0 N–H and O–H groups in total. The molecule has 1 aliphatic rings. The summed E-state index contributed by atoms with van der Waals surface area (Å²) in [6.07, 6.45) is 4.51. The Morgan fingerprint density at radius 3 is 2.50 bits per heavy atom. The van der Waals surface area contributed by atoms with E-state index in [0.29, 0.717) is 12.8 Å². The Morgan fingerprint density at radius 1 is 1.21 bits per heavy atom. The average Bonchev–Trinajstić information content (AvgIpc) is 2.18. The van der Waals surface area contributed by atoms with Crippen molar-refractivity contribution in [2.75, 3.05) is 0 Å². The number of nitrogens with zero attached hydrogens (tertiary/aromatic N) is 1. The van der Waals surface area contributed by atoms with E-state index >= 15 is 0 Å². The minimum Gasteiger partial charge on any atom is -0.299 e. The second-order valence-electron chi connectivity index (χ2n) is 3.65. The van der Waals surface area contributed by atoms with Crippen molar-refractivity contribution in [1.29, 1.82) is 0 Å². The van der Waals surface area contributed by atoms with E-state index in [1.165, 1.54) is 0 Å². The highest BCUT2D eigenvalue weighted by atomic mass is 16.1. The normalized spacial score (nSPS) is 18.6. The lowest BCUT2D eigenvalue weighted by molar-refractivity contribution is -0.130. The summed E-state index contributed by atoms with van der Waals surface area (Å²) in [5, 5.41) is 0. The van der Waals surface area contributed by atoms with Crippen LogP contribution in [0.2, 0.25) is 0 Å². The summed E-state index contributed by atoms with van der Waals surface area (Å²) in [5.41, 5.74) is 0.994. The Labute approximate surface area is 82.2 Å². The van der Waals surface area contributed by atoms with Gasteiger partial charge in [0, 0.05) is 25.2 Å². The number of carbonyl (C=O) groups is 2. The number of rotatable bonds is 1. The molecule has 0 aliphatic heterocycles. The van der Waals surface area contributed by atoms with Gasteiger partial charge in [-0.05, 0) is 17.5 Å². The lowest BCUT2D eigenvalue weighted by Gasteiger charge is -2.19. The van der Waals surface area contributed by atoms with Crippen LogP contribution in [0.15, 0.2) is 24.5 Å². The summed E-state index contributed by atoms with van der Waals surface area (Å²) in [6.45, 7) is 0. The summed E-state index contributed by atoms with van der Waals surface area (Å²) in [5.74, 6) is 0.155. The van der Waals surface area contributed by atoms with Gasteiger partial charge in [0.2, 0.25) is 0 Å². The van der Waals surface area contributed by atoms with Crippen LogP contribution in [-0.2, 0) is 9.59 Å². The first-order chi connectivity index (χ1) is 6.75. The third-order valence-electron chi connectivity index (χ3n) is 2.50. The van der Waals surface area contributed by atoms with Crippen LogP contribution in [-0.4, -0.2) is 16.6 Å². The molecule has 0 aromatic carbocycles. The van der Waals surface area contributed by atoms with Gasteiger partial charge < -0.3 is 0 Å². The van der Waals surface area contributed by atoms with E-state index in [1.54, 1.807) is 12.4 Å². The van der Waals surface area contributed by atoms with E-state index in [9.17, 15) is 9.59 Å². The summed E-state index contributed by atoms with van der Waals surface area (Å²) in [4.78, 5) is 26.4. The van der Waals surface area contributed by atoms with Crippen LogP contribution in [0.1, 0.15) is 30.7 Å². The number of pyridine rings is 1. The minimum absolute atomic E-state index is 0.0510. The molecule has 72 valence electrons. The highest BCUT2D eigenvalue weighted by molar-refractivity contribution is 6.02. The average molecular weight is 189 g/mol. The highest BCUT2D eigenvalue weighted by Crippen LogP contribution is 2.28. The van der Waals surface area contributed by atoms with Crippen LogP contribution in [0.3, 0.4) is 0 Å². The molecule has 0 radical (unpaired) electrons. The second-order valence-corrected chi connectivity index (χ2v) is 3.65. The zero-order valence-electron chi connectivity index (χ0n) is 7.77. The van der Waals surface area contributed by atoms with Crippen LogP contribution < -0.4 is 0 Å². The molecule has 1 aromatic rings. The van der Waals surface area contributed by atoms with Gasteiger partial charge in [-0.2, -0.15) is 0 Å². The van der Waals surface area contributed by atoms with Crippen molar-refractivity contribution >= 4 is 11.6 Å². The topological polar surface area (TPSA) is 47.0 Å². The summed E-state index contributed by atoms with van der Waals surface area (Å²) in [7, 11) is 0. The molecular weight excluding hydrogens is 178 g/mol. The van der Waals surface area contributed by atoms with Gasteiger partial charge in [0.1, 0.15) is 11.6 Å². The van der Waals surface area contributed by atoms with Crippen molar-refractivity contribution in [1.82, 2.24) is 4.98 Å². The van der Waals surface area contributed by atoms with Gasteiger partial charge in [0.05, 0.1) is 6.42 Å². The fraction of sp³-hybridized carbons (Fsp3) is 0.364. The van der Waals surface area contributed by atoms with E-state index in [4.69, 9.17) is 0 Å². The molecule has 0 saturated heterocycles. The number of ketones is 2. The predicted octanol–water partition coefficient (Wildman–Crippen LogP) is 1.49. The number of hydrogen-bond acceptors (Lipinski definition) is 3. The Bertz CT molecular complexity index is 343. The zero-order chi connectivity index (χ0) is 9.97. The maximum Gasteiger partial charge on any atom is 0.140 e. The molecule has 1 heterocycles. The SMILES string of the molecule is O=C1CC(=O)CC(c2cccnc2)C1. The Kier molecular flexibility index (Phi) is 2.39. The first-order valence-electron chi connectivity index (χ1n) is 4.69. The van der Waals surface area contributed by atoms with Crippen LogP contribution in [0, 0.1) is 0 Å².